The number of nitrogen functional groups attached to an aromatic ring is 1. The first-order valence-corrected chi connectivity index (χ1v) is 4.81. The summed E-state index contributed by atoms with van der Waals surface area (Å²) in [5.74, 6) is 0. The smallest absolute Gasteiger partial charge is 0.312 e. The van der Waals surface area contributed by atoms with Gasteiger partial charge in [-0.1, -0.05) is 0 Å². The molecule has 0 fully saturated rings. The van der Waals surface area contributed by atoms with Crippen LogP contribution in [0.15, 0.2) is 18.2 Å². The Morgan fingerprint density at radius 2 is 2.06 bits per heavy atom. The van der Waals surface area contributed by atoms with Crippen molar-refractivity contribution in [3.63, 3.8) is 0 Å². The van der Waals surface area contributed by atoms with Crippen LogP contribution in [0.1, 0.15) is 0 Å². The molecule has 1 aromatic carbocycles. The van der Waals surface area contributed by atoms with Crippen LogP contribution in [-0.2, 0) is 0 Å². The van der Waals surface area contributed by atoms with Gasteiger partial charge in [-0.25, -0.2) is 4.79 Å². The van der Waals surface area contributed by atoms with Crippen molar-refractivity contribution in [3.8, 4) is 0 Å². The molecule has 0 spiro atoms. The maximum Gasteiger partial charge on any atom is 0.312 e. The van der Waals surface area contributed by atoms with E-state index < -0.39 is 11.0 Å². The van der Waals surface area contributed by atoms with Crippen molar-refractivity contribution < 1.29 is 9.72 Å². The van der Waals surface area contributed by atoms with Crippen LogP contribution in [0.2, 0.25) is 0 Å². The molecule has 8 nitrogen and oxygen atoms in total. The molecular weight excluding hydrogens is 226 g/mol. The third-order valence-corrected chi connectivity index (χ3v) is 1.90. The molecule has 0 aliphatic carbocycles. The number of non-ortho nitro benzene ring substituents is 1. The Morgan fingerprint density at radius 3 is 2.65 bits per heavy atom. The fraction of sp³-hybridized carbons (Fsp3) is 0.222. The van der Waals surface area contributed by atoms with Crippen molar-refractivity contribution in [2.24, 2.45) is 5.73 Å². The Balaban J connectivity index is 2.59. The average Bonchev–Trinajstić information content (AvgIpc) is 2.23. The van der Waals surface area contributed by atoms with Gasteiger partial charge in [-0.3, -0.25) is 10.1 Å². The number of nitrogens with zero attached hydrogens (tertiary/aromatic N) is 1. The van der Waals surface area contributed by atoms with Gasteiger partial charge >= 0.3 is 6.03 Å². The third kappa shape index (κ3) is 4.24. The highest BCUT2D eigenvalue weighted by Crippen LogP contribution is 2.21. The number of primary amides is 1. The SMILES string of the molecule is NC(=O)NCCNc1cc(N)cc([N+](=O)[O-])c1. The van der Waals surface area contributed by atoms with Crippen molar-refractivity contribution >= 4 is 23.1 Å². The monoisotopic (exact) mass is 239 g/mol. The number of amides is 2. The molecule has 0 heterocycles. The maximum atomic E-state index is 10.6. The van der Waals surface area contributed by atoms with Gasteiger partial charge in [0.05, 0.1) is 4.92 Å². The minimum absolute atomic E-state index is 0.0876. The second kappa shape index (κ2) is 5.54. The van der Waals surface area contributed by atoms with E-state index in [1.807, 2.05) is 0 Å². The molecule has 0 aliphatic heterocycles. The van der Waals surface area contributed by atoms with Gasteiger partial charge in [0.25, 0.3) is 5.69 Å². The maximum absolute atomic E-state index is 10.6. The zero-order valence-electron chi connectivity index (χ0n) is 8.97. The van der Waals surface area contributed by atoms with E-state index in [1.54, 1.807) is 6.07 Å². The van der Waals surface area contributed by atoms with Crippen LogP contribution >= 0.6 is 0 Å². The molecule has 92 valence electrons. The van der Waals surface area contributed by atoms with Crippen LogP contribution in [0.4, 0.5) is 21.9 Å². The van der Waals surface area contributed by atoms with Crippen molar-refractivity contribution in [2.75, 3.05) is 24.1 Å². The largest absolute Gasteiger partial charge is 0.398 e. The summed E-state index contributed by atoms with van der Waals surface area (Å²) in [5.41, 5.74) is 11.1. The second-order valence-corrected chi connectivity index (χ2v) is 3.29. The van der Waals surface area contributed by atoms with E-state index in [9.17, 15) is 14.9 Å². The van der Waals surface area contributed by atoms with E-state index in [1.165, 1.54) is 12.1 Å². The molecule has 2 amide bonds. The molecule has 6 N–H and O–H groups in total. The lowest BCUT2D eigenvalue weighted by Gasteiger charge is -2.07. The van der Waals surface area contributed by atoms with E-state index in [-0.39, 0.29) is 5.69 Å². The fourth-order valence-corrected chi connectivity index (χ4v) is 1.23. The number of nitrogens with two attached hydrogens (primary N) is 2. The summed E-state index contributed by atoms with van der Waals surface area (Å²) in [6.45, 7) is 0.710. The molecule has 0 unspecified atom stereocenters. The van der Waals surface area contributed by atoms with Gasteiger partial charge in [-0.15, -0.1) is 0 Å². The predicted molar refractivity (Wildman–Crippen MR) is 63.6 cm³/mol. The van der Waals surface area contributed by atoms with Crippen LogP contribution in [-0.4, -0.2) is 24.0 Å². The number of benzene rings is 1. The van der Waals surface area contributed by atoms with Crippen molar-refractivity contribution in [1.82, 2.24) is 5.32 Å². The van der Waals surface area contributed by atoms with Gasteiger partial charge in [0, 0.05) is 36.6 Å². The summed E-state index contributed by atoms with van der Waals surface area (Å²) in [7, 11) is 0. The van der Waals surface area contributed by atoms with Crippen molar-refractivity contribution in [3.05, 3.63) is 28.3 Å². The van der Waals surface area contributed by atoms with Gasteiger partial charge < -0.3 is 22.1 Å². The quantitative estimate of drug-likeness (QED) is 0.253. The fourth-order valence-electron chi connectivity index (χ4n) is 1.23. The molecule has 0 aliphatic rings. The normalized spacial score (nSPS) is 9.65. The lowest BCUT2D eigenvalue weighted by molar-refractivity contribution is -0.384. The van der Waals surface area contributed by atoms with Crippen molar-refractivity contribution in [2.45, 2.75) is 0 Å². The van der Waals surface area contributed by atoms with Crippen LogP contribution in [0.3, 0.4) is 0 Å². The summed E-state index contributed by atoms with van der Waals surface area (Å²) < 4.78 is 0. The second-order valence-electron chi connectivity index (χ2n) is 3.29. The van der Waals surface area contributed by atoms with Gasteiger partial charge in [-0.05, 0) is 6.07 Å². The highest BCUT2D eigenvalue weighted by molar-refractivity contribution is 5.71. The highest BCUT2D eigenvalue weighted by Gasteiger charge is 2.07. The average molecular weight is 239 g/mol. The Kier molecular flexibility index (Phi) is 4.09. The zero-order chi connectivity index (χ0) is 12.8. The van der Waals surface area contributed by atoms with E-state index in [2.05, 4.69) is 10.6 Å². The molecule has 0 bridgehead atoms. The van der Waals surface area contributed by atoms with E-state index >= 15 is 0 Å². The first kappa shape index (κ1) is 12.6. The number of carbonyl (C=O) groups is 1. The Morgan fingerprint density at radius 1 is 1.35 bits per heavy atom. The third-order valence-electron chi connectivity index (χ3n) is 1.90. The molecule has 17 heavy (non-hydrogen) atoms. The summed E-state index contributed by atoms with van der Waals surface area (Å²) in [5, 5.41) is 15.8. The predicted octanol–water partition coefficient (Wildman–Crippen LogP) is 0.257. The molecule has 0 saturated heterocycles. The molecule has 1 rings (SSSR count). The number of nitrogens with one attached hydrogen (secondary N) is 2. The number of nitro benzene ring substituents is 1. The molecule has 0 aromatic heterocycles. The molecule has 8 heteroatoms. The topological polar surface area (TPSA) is 136 Å². The first-order valence-electron chi connectivity index (χ1n) is 4.81. The van der Waals surface area contributed by atoms with Gasteiger partial charge in [0.15, 0.2) is 0 Å². The lowest BCUT2D eigenvalue weighted by atomic mass is 10.2. The Labute approximate surface area is 97.1 Å². The zero-order valence-corrected chi connectivity index (χ0v) is 8.97. The van der Waals surface area contributed by atoms with E-state index in [0.717, 1.165) is 0 Å². The van der Waals surface area contributed by atoms with Gasteiger partial charge in [-0.2, -0.15) is 0 Å². The molecular formula is C9H13N5O3. The summed E-state index contributed by atoms with van der Waals surface area (Å²) in [4.78, 5) is 20.4. The number of rotatable bonds is 5. The van der Waals surface area contributed by atoms with Gasteiger partial charge in [0.2, 0.25) is 0 Å². The minimum Gasteiger partial charge on any atom is -0.398 e. The van der Waals surface area contributed by atoms with Crippen LogP contribution in [0.5, 0.6) is 0 Å². The van der Waals surface area contributed by atoms with Gasteiger partial charge in [0.1, 0.15) is 0 Å². The van der Waals surface area contributed by atoms with E-state index in [0.29, 0.717) is 24.5 Å². The molecule has 1 aromatic rings. The Bertz CT molecular complexity index is 435. The highest BCUT2D eigenvalue weighted by atomic mass is 16.6. The summed E-state index contributed by atoms with van der Waals surface area (Å²) >= 11 is 0. The van der Waals surface area contributed by atoms with E-state index in [4.69, 9.17) is 11.5 Å². The van der Waals surface area contributed by atoms with Crippen LogP contribution in [0, 0.1) is 10.1 Å². The van der Waals surface area contributed by atoms with Crippen LogP contribution < -0.4 is 22.1 Å². The van der Waals surface area contributed by atoms with Crippen molar-refractivity contribution in [1.29, 1.82) is 0 Å². The number of hydrogen-bond donors (Lipinski definition) is 4. The van der Waals surface area contributed by atoms with Crippen LogP contribution in [0.25, 0.3) is 0 Å². The number of nitro groups is 1. The standard InChI is InChI=1S/C9H13N5O3/c10-6-3-7(5-8(4-6)14(16)17)12-1-2-13-9(11)15/h3-5,12H,1-2,10H2,(H3,11,13,15). The molecule has 0 atom stereocenters. The molecule has 0 saturated carbocycles. The number of urea groups is 1. The Hall–Kier alpha value is -2.51. The number of anilines is 2. The number of hydrogen-bond acceptors (Lipinski definition) is 5. The molecule has 0 radical (unpaired) electrons. The first-order chi connectivity index (χ1) is 7.99. The number of carbonyl (C=O) groups excluding carboxylic acids is 1. The lowest BCUT2D eigenvalue weighted by Crippen LogP contribution is -2.33. The summed E-state index contributed by atoms with van der Waals surface area (Å²) in [6.07, 6.45) is 0. The minimum atomic E-state index is -0.620. The summed E-state index contributed by atoms with van der Waals surface area (Å²) in [6, 6.07) is 3.58.